The van der Waals surface area contributed by atoms with E-state index in [0.29, 0.717) is 17.7 Å². The zero-order valence-corrected chi connectivity index (χ0v) is 16.7. The molecule has 0 atom stereocenters. The van der Waals surface area contributed by atoms with Gasteiger partial charge in [0, 0.05) is 24.8 Å². The number of aryl methyl sites for hydroxylation is 1. The van der Waals surface area contributed by atoms with Crippen molar-refractivity contribution < 1.29 is 4.79 Å². The van der Waals surface area contributed by atoms with Crippen molar-refractivity contribution >= 4 is 17.7 Å². The van der Waals surface area contributed by atoms with Gasteiger partial charge in [-0.15, -0.1) is 0 Å². The number of imidazole rings is 1. The van der Waals surface area contributed by atoms with Gasteiger partial charge in [-0.05, 0) is 39.5 Å². The smallest absolute Gasteiger partial charge is 0.233 e. The highest BCUT2D eigenvalue weighted by Crippen LogP contribution is 2.34. The molecule has 2 heterocycles. The molecule has 0 radical (unpaired) electrons. The monoisotopic (exact) mass is 363 g/mol. The lowest BCUT2D eigenvalue weighted by atomic mass is 9.95. The fraction of sp³-hybridized carbons (Fsp3) is 0.800. The first-order chi connectivity index (χ1) is 12.2. The van der Waals surface area contributed by atoms with Gasteiger partial charge in [-0.2, -0.15) is 0 Å². The average Bonchev–Trinajstić information content (AvgIpc) is 2.87. The Bertz CT molecular complexity index is 570. The van der Waals surface area contributed by atoms with Crippen molar-refractivity contribution in [1.82, 2.24) is 14.5 Å². The Morgan fingerprint density at radius 1 is 1.00 bits per heavy atom. The first kappa shape index (κ1) is 18.8. The number of likely N-dealkylation sites (tertiary alicyclic amines) is 1. The molecule has 25 heavy (non-hydrogen) atoms. The second kappa shape index (κ2) is 9.11. The molecule has 1 saturated carbocycles. The van der Waals surface area contributed by atoms with Crippen LogP contribution in [0.2, 0.25) is 0 Å². The van der Waals surface area contributed by atoms with E-state index in [1.54, 1.807) is 11.8 Å². The summed E-state index contributed by atoms with van der Waals surface area (Å²) in [6.07, 6.45) is 12.7. The highest BCUT2D eigenvalue weighted by molar-refractivity contribution is 7.99. The third kappa shape index (κ3) is 4.81. The van der Waals surface area contributed by atoms with Crippen LogP contribution in [0.25, 0.3) is 0 Å². The van der Waals surface area contributed by atoms with E-state index in [4.69, 9.17) is 4.98 Å². The van der Waals surface area contributed by atoms with Gasteiger partial charge in [0.25, 0.3) is 0 Å². The summed E-state index contributed by atoms with van der Waals surface area (Å²) in [7, 11) is 0. The summed E-state index contributed by atoms with van der Waals surface area (Å²) < 4.78 is 2.43. The number of carbonyl (C=O) groups is 1. The van der Waals surface area contributed by atoms with Gasteiger partial charge in [0.15, 0.2) is 5.16 Å². The van der Waals surface area contributed by atoms with Gasteiger partial charge < -0.3 is 9.47 Å². The van der Waals surface area contributed by atoms with Crippen molar-refractivity contribution in [3.63, 3.8) is 0 Å². The maximum atomic E-state index is 12.7. The molecule has 2 aliphatic rings. The Hall–Kier alpha value is -0.970. The van der Waals surface area contributed by atoms with Crippen LogP contribution in [0.1, 0.15) is 81.6 Å². The molecule has 0 unspecified atom stereocenters. The van der Waals surface area contributed by atoms with Crippen molar-refractivity contribution in [2.45, 2.75) is 89.3 Å². The van der Waals surface area contributed by atoms with Crippen LogP contribution in [-0.4, -0.2) is 39.2 Å². The van der Waals surface area contributed by atoms with Crippen molar-refractivity contribution in [3.8, 4) is 0 Å². The minimum Gasteiger partial charge on any atom is -0.342 e. The Morgan fingerprint density at radius 3 is 2.28 bits per heavy atom. The molecular formula is C20H33N3OS. The lowest BCUT2D eigenvalue weighted by molar-refractivity contribution is -0.128. The first-order valence-corrected chi connectivity index (χ1v) is 11.1. The summed E-state index contributed by atoms with van der Waals surface area (Å²) in [6, 6.07) is 0.578. The number of carbonyl (C=O) groups excluding carboxylic acids is 1. The number of thioether (sulfide) groups is 1. The van der Waals surface area contributed by atoms with Crippen LogP contribution in [0.4, 0.5) is 0 Å². The predicted octanol–water partition coefficient (Wildman–Crippen LogP) is 4.89. The quantitative estimate of drug-likeness (QED) is 0.715. The number of nitrogens with zero attached hydrogens (tertiary/aromatic N) is 3. The van der Waals surface area contributed by atoms with Crippen molar-refractivity contribution in [2.75, 3.05) is 18.8 Å². The average molecular weight is 364 g/mol. The van der Waals surface area contributed by atoms with Crippen LogP contribution in [-0.2, 0) is 4.79 Å². The lowest BCUT2D eigenvalue weighted by Gasteiger charge is -2.27. The largest absolute Gasteiger partial charge is 0.342 e. The van der Waals surface area contributed by atoms with E-state index in [1.165, 1.54) is 57.1 Å². The Morgan fingerprint density at radius 2 is 1.60 bits per heavy atom. The molecule has 2 fully saturated rings. The molecule has 4 nitrogen and oxygen atoms in total. The van der Waals surface area contributed by atoms with E-state index in [2.05, 4.69) is 23.3 Å². The molecule has 140 valence electrons. The third-order valence-corrected chi connectivity index (χ3v) is 6.77. The van der Waals surface area contributed by atoms with Crippen LogP contribution in [0.5, 0.6) is 0 Å². The van der Waals surface area contributed by atoms with Gasteiger partial charge in [-0.3, -0.25) is 4.79 Å². The van der Waals surface area contributed by atoms with E-state index in [9.17, 15) is 4.79 Å². The van der Waals surface area contributed by atoms with E-state index in [1.807, 2.05) is 0 Å². The van der Waals surface area contributed by atoms with Crippen molar-refractivity contribution in [2.24, 2.45) is 0 Å². The summed E-state index contributed by atoms with van der Waals surface area (Å²) in [5, 5.41) is 1.06. The zero-order chi connectivity index (χ0) is 17.6. The van der Waals surface area contributed by atoms with Crippen LogP contribution in [0.15, 0.2) is 5.16 Å². The summed E-state index contributed by atoms with van der Waals surface area (Å²) in [6.45, 7) is 6.16. The minimum atomic E-state index is 0.292. The molecule has 0 aromatic carbocycles. The summed E-state index contributed by atoms with van der Waals surface area (Å²) in [4.78, 5) is 19.6. The van der Waals surface area contributed by atoms with Gasteiger partial charge in [-0.25, -0.2) is 4.98 Å². The van der Waals surface area contributed by atoms with Gasteiger partial charge in [0.05, 0.1) is 11.4 Å². The molecule has 0 bridgehead atoms. The zero-order valence-electron chi connectivity index (χ0n) is 15.9. The maximum Gasteiger partial charge on any atom is 0.233 e. The Labute approximate surface area is 156 Å². The highest BCUT2D eigenvalue weighted by atomic mass is 32.2. The molecule has 1 aliphatic heterocycles. The summed E-state index contributed by atoms with van der Waals surface area (Å²) in [5.74, 6) is 0.822. The van der Waals surface area contributed by atoms with Crippen LogP contribution < -0.4 is 0 Å². The topological polar surface area (TPSA) is 38.1 Å². The number of hydrogen-bond donors (Lipinski definition) is 0. The van der Waals surface area contributed by atoms with Crippen LogP contribution in [0.3, 0.4) is 0 Å². The van der Waals surface area contributed by atoms with E-state index < -0.39 is 0 Å². The molecule has 5 heteroatoms. The Balaban J connectivity index is 1.64. The summed E-state index contributed by atoms with van der Waals surface area (Å²) >= 11 is 1.65. The predicted molar refractivity (Wildman–Crippen MR) is 104 cm³/mol. The fourth-order valence-corrected chi connectivity index (χ4v) is 5.24. The Kier molecular flexibility index (Phi) is 6.85. The molecule has 0 spiro atoms. The summed E-state index contributed by atoms with van der Waals surface area (Å²) in [5.41, 5.74) is 2.40. The van der Waals surface area contributed by atoms with Gasteiger partial charge >= 0.3 is 0 Å². The van der Waals surface area contributed by atoms with Crippen LogP contribution >= 0.6 is 11.8 Å². The molecular weight excluding hydrogens is 330 g/mol. The normalized spacial score (nSPS) is 20.3. The standard InChI is InChI=1S/C20H33N3OS/c1-16-17(2)23(18-11-7-6-8-12-18)20(21-16)25-15-19(24)22-13-9-4-3-5-10-14-22/h18H,3-15H2,1-2H3. The molecule has 1 aromatic heterocycles. The number of hydrogen-bond acceptors (Lipinski definition) is 3. The second-order valence-electron chi connectivity index (χ2n) is 7.66. The second-order valence-corrected chi connectivity index (χ2v) is 8.61. The molecule has 0 N–H and O–H groups in total. The molecule has 1 aromatic rings. The first-order valence-electron chi connectivity index (χ1n) is 10.1. The van der Waals surface area contributed by atoms with Gasteiger partial charge in [-0.1, -0.05) is 50.3 Å². The van der Waals surface area contributed by atoms with Crippen LogP contribution in [0, 0.1) is 13.8 Å². The van der Waals surface area contributed by atoms with Crippen molar-refractivity contribution in [3.05, 3.63) is 11.4 Å². The SMILES string of the molecule is Cc1nc(SCC(=O)N2CCCCCCC2)n(C2CCCCC2)c1C. The number of rotatable bonds is 4. The minimum absolute atomic E-state index is 0.292. The molecule has 1 saturated heterocycles. The van der Waals surface area contributed by atoms with Crippen molar-refractivity contribution in [1.29, 1.82) is 0 Å². The molecule has 1 aliphatic carbocycles. The third-order valence-electron chi connectivity index (χ3n) is 5.83. The highest BCUT2D eigenvalue weighted by Gasteiger charge is 2.23. The lowest BCUT2D eigenvalue weighted by Crippen LogP contribution is -2.35. The number of aromatic nitrogens is 2. The fourth-order valence-electron chi connectivity index (χ4n) is 4.18. The van der Waals surface area contributed by atoms with Gasteiger partial charge in [0.2, 0.25) is 5.91 Å². The molecule has 3 rings (SSSR count). The van der Waals surface area contributed by atoms with E-state index >= 15 is 0 Å². The van der Waals surface area contributed by atoms with Gasteiger partial charge in [0.1, 0.15) is 0 Å². The maximum absolute atomic E-state index is 12.7. The molecule has 1 amide bonds. The van der Waals surface area contributed by atoms with E-state index in [0.717, 1.165) is 36.8 Å². The van der Waals surface area contributed by atoms with E-state index in [-0.39, 0.29) is 0 Å². The number of amides is 1.